The molecule has 24 heavy (non-hydrogen) atoms. The molecule has 0 saturated heterocycles. The molecule has 0 N–H and O–H groups in total. The van der Waals surface area contributed by atoms with Crippen molar-refractivity contribution >= 4 is 12.3 Å². The number of hydrogen-bond donors (Lipinski definition) is 0. The van der Waals surface area contributed by atoms with Gasteiger partial charge in [0.15, 0.2) is 0 Å². The summed E-state index contributed by atoms with van der Waals surface area (Å²) in [4.78, 5) is 30.8. The lowest BCUT2D eigenvalue weighted by Gasteiger charge is -2.07. The minimum Gasteiger partial charge on any atom is -0.432 e. The quantitative estimate of drug-likeness (QED) is 0.197. The van der Waals surface area contributed by atoms with E-state index >= 15 is 0 Å². The fourth-order valence-electron chi connectivity index (χ4n) is 2.09. The van der Waals surface area contributed by atoms with Crippen molar-refractivity contribution in [1.29, 1.82) is 0 Å². The smallest absolute Gasteiger partial charge is 0.432 e. The Balaban J connectivity index is 3.40. The lowest BCUT2D eigenvalue weighted by Crippen LogP contribution is -2.14. The number of carbonyl (C=O) groups is 2. The van der Waals surface area contributed by atoms with Crippen LogP contribution in [0.4, 0.5) is 9.59 Å². The van der Waals surface area contributed by atoms with Crippen LogP contribution in [0.15, 0.2) is 0 Å². The Kier molecular flexibility index (Phi) is 14.2. The first-order valence-electron chi connectivity index (χ1n) is 9.09. The first-order chi connectivity index (χ1) is 11.4. The molecule has 0 fully saturated rings. The maximum absolute atomic E-state index is 11.2. The van der Waals surface area contributed by atoms with Crippen LogP contribution in [0.5, 0.6) is 0 Å². The summed E-state index contributed by atoms with van der Waals surface area (Å²) in [5, 5.41) is 0. The van der Waals surface area contributed by atoms with Gasteiger partial charge in [0.25, 0.3) is 0 Å². The molecule has 0 spiro atoms. The molecule has 0 aliphatic heterocycles. The van der Waals surface area contributed by atoms with Crippen molar-refractivity contribution in [2.24, 2.45) is 11.8 Å². The van der Waals surface area contributed by atoms with Crippen LogP contribution in [-0.2, 0) is 19.2 Å². The maximum Gasteiger partial charge on any atom is 0.549 e. The van der Waals surface area contributed by atoms with Gasteiger partial charge < -0.3 is 9.47 Å². The Hall–Kier alpha value is -1.46. The summed E-state index contributed by atoms with van der Waals surface area (Å²) in [5.41, 5.74) is 0. The van der Waals surface area contributed by atoms with Gasteiger partial charge in [0, 0.05) is 0 Å². The fourth-order valence-corrected chi connectivity index (χ4v) is 2.09. The van der Waals surface area contributed by atoms with E-state index in [0.29, 0.717) is 11.8 Å². The number of hydrogen-bond acceptors (Lipinski definition) is 6. The molecule has 0 amide bonds. The van der Waals surface area contributed by atoms with Gasteiger partial charge in [-0.05, 0) is 24.7 Å². The molecule has 6 heteroatoms. The lowest BCUT2D eigenvalue weighted by molar-refractivity contribution is -0.217. The molecule has 0 saturated carbocycles. The van der Waals surface area contributed by atoms with Crippen LogP contribution in [-0.4, -0.2) is 25.5 Å². The summed E-state index contributed by atoms with van der Waals surface area (Å²) < 4.78 is 9.57. The Morgan fingerprint density at radius 2 is 1.00 bits per heavy atom. The number of carbonyl (C=O) groups excluding carboxylic acids is 2. The first kappa shape index (κ1) is 22.5. The van der Waals surface area contributed by atoms with Crippen molar-refractivity contribution in [2.45, 2.75) is 79.1 Å². The average Bonchev–Trinajstić information content (AvgIpc) is 2.51. The van der Waals surface area contributed by atoms with E-state index in [-0.39, 0.29) is 13.2 Å². The van der Waals surface area contributed by atoms with Gasteiger partial charge in [0.2, 0.25) is 0 Å². The molecule has 0 heterocycles. The third-order valence-corrected chi connectivity index (χ3v) is 3.47. The third-order valence-electron chi connectivity index (χ3n) is 3.47. The van der Waals surface area contributed by atoms with Gasteiger partial charge >= 0.3 is 12.3 Å². The minimum absolute atomic E-state index is 0.255. The molecule has 0 unspecified atom stereocenters. The molecule has 0 radical (unpaired) electrons. The monoisotopic (exact) mass is 346 g/mol. The van der Waals surface area contributed by atoms with Crippen LogP contribution in [0.25, 0.3) is 0 Å². The van der Waals surface area contributed by atoms with Crippen LogP contribution < -0.4 is 0 Å². The molecule has 0 aliphatic rings. The van der Waals surface area contributed by atoms with E-state index in [1.54, 1.807) is 0 Å². The van der Waals surface area contributed by atoms with Crippen molar-refractivity contribution in [2.75, 3.05) is 13.2 Å². The number of rotatable bonds is 12. The van der Waals surface area contributed by atoms with Gasteiger partial charge in [-0.2, -0.15) is 19.4 Å². The van der Waals surface area contributed by atoms with Gasteiger partial charge in [-0.25, -0.2) is 0 Å². The van der Waals surface area contributed by atoms with Gasteiger partial charge in [-0.3, -0.25) is 0 Å². The summed E-state index contributed by atoms with van der Waals surface area (Å²) in [7, 11) is 0. The van der Waals surface area contributed by atoms with E-state index in [1.165, 1.54) is 0 Å². The Morgan fingerprint density at radius 3 is 1.33 bits per heavy atom. The van der Waals surface area contributed by atoms with Crippen molar-refractivity contribution < 1.29 is 28.8 Å². The highest BCUT2D eigenvalue weighted by atomic mass is 17.3. The van der Waals surface area contributed by atoms with Gasteiger partial charge in [-0.1, -0.05) is 66.2 Å². The standard InChI is InChI=1S/C18H34O6/c1-15(2)11-7-5-9-13-21-17(19)23-24-18(20)22-14-10-6-8-12-16(3)4/h15-16H,5-14H2,1-4H3. The summed E-state index contributed by atoms with van der Waals surface area (Å²) in [6.45, 7) is 9.22. The molecule has 142 valence electrons. The van der Waals surface area contributed by atoms with Crippen molar-refractivity contribution in [3.8, 4) is 0 Å². The van der Waals surface area contributed by atoms with Crippen LogP contribution in [0.3, 0.4) is 0 Å². The molecular formula is C18H34O6. The topological polar surface area (TPSA) is 71.1 Å². The molecule has 0 aromatic heterocycles. The zero-order chi connectivity index (χ0) is 18.2. The SMILES string of the molecule is CC(C)CCCCCOC(=O)OOC(=O)OCCCCCC(C)C. The first-order valence-corrected chi connectivity index (χ1v) is 9.09. The minimum atomic E-state index is -1.02. The second kappa shape index (κ2) is 15.1. The predicted octanol–water partition coefficient (Wildman–Crippen LogP) is 5.64. The van der Waals surface area contributed by atoms with Crippen LogP contribution in [0, 0.1) is 11.8 Å². The molecule has 6 nitrogen and oxygen atoms in total. The molecule has 0 aromatic rings. The van der Waals surface area contributed by atoms with E-state index in [9.17, 15) is 9.59 Å². The second-order valence-electron chi connectivity index (χ2n) is 6.85. The average molecular weight is 346 g/mol. The van der Waals surface area contributed by atoms with Gasteiger partial charge in [0.1, 0.15) is 0 Å². The molecule has 0 aliphatic carbocycles. The summed E-state index contributed by atoms with van der Waals surface area (Å²) in [6, 6.07) is 0. The van der Waals surface area contributed by atoms with Crippen LogP contribution in [0.1, 0.15) is 79.1 Å². The lowest BCUT2D eigenvalue weighted by atomic mass is 10.1. The second-order valence-corrected chi connectivity index (χ2v) is 6.85. The van der Waals surface area contributed by atoms with Gasteiger partial charge in [-0.15, -0.1) is 0 Å². The highest BCUT2D eigenvalue weighted by Gasteiger charge is 2.11. The summed E-state index contributed by atoms with van der Waals surface area (Å²) >= 11 is 0. The molecule has 0 rings (SSSR count). The van der Waals surface area contributed by atoms with Gasteiger partial charge in [0.05, 0.1) is 13.2 Å². The fraction of sp³-hybridized carbons (Fsp3) is 0.889. The van der Waals surface area contributed by atoms with E-state index in [4.69, 9.17) is 9.47 Å². The Labute approximate surface area is 146 Å². The highest BCUT2D eigenvalue weighted by molar-refractivity contribution is 5.63. The Morgan fingerprint density at radius 1 is 0.625 bits per heavy atom. The van der Waals surface area contributed by atoms with E-state index in [2.05, 4.69) is 37.5 Å². The number of ether oxygens (including phenoxy) is 2. The van der Waals surface area contributed by atoms with Crippen molar-refractivity contribution in [1.82, 2.24) is 0 Å². The molecule has 0 bridgehead atoms. The van der Waals surface area contributed by atoms with E-state index < -0.39 is 12.3 Å². The summed E-state index contributed by atoms with van der Waals surface area (Å²) in [6.07, 6.45) is 6.02. The maximum atomic E-state index is 11.2. The predicted molar refractivity (Wildman–Crippen MR) is 91.5 cm³/mol. The molecule has 0 atom stereocenters. The van der Waals surface area contributed by atoms with E-state index in [0.717, 1.165) is 51.4 Å². The van der Waals surface area contributed by atoms with Crippen LogP contribution in [0.2, 0.25) is 0 Å². The molecule has 0 aromatic carbocycles. The van der Waals surface area contributed by atoms with E-state index in [1.807, 2.05) is 0 Å². The van der Waals surface area contributed by atoms with Crippen molar-refractivity contribution in [3.63, 3.8) is 0 Å². The largest absolute Gasteiger partial charge is 0.549 e. The zero-order valence-corrected chi connectivity index (χ0v) is 15.7. The third kappa shape index (κ3) is 16.9. The van der Waals surface area contributed by atoms with Crippen molar-refractivity contribution in [3.05, 3.63) is 0 Å². The Bertz CT molecular complexity index is 295. The summed E-state index contributed by atoms with van der Waals surface area (Å²) in [5.74, 6) is 1.37. The zero-order valence-electron chi connectivity index (χ0n) is 15.7. The number of unbranched alkanes of at least 4 members (excludes halogenated alkanes) is 4. The molecular weight excluding hydrogens is 312 g/mol. The normalized spacial score (nSPS) is 10.8. The highest BCUT2D eigenvalue weighted by Crippen LogP contribution is 2.09. The van der Waals surface area contributed by atoms with Crippen LogP contribution >= 0.6 is 0 Å².